The lowest BCUT2D eigenvalue weighted by Crippen LogP contribution is -1.71. The van der Waals surface area contributed by atoms with E-state index in [4.69, 9.17) is 0 Å². The van der Waals surface area contributed by atoms with Crippen LogP contribution in [0.5, 0.6) is 0 Å². The zero-order valence-electron chi connectivity index (χ0n) is 6.10. The summed E-state index contributed by atoms with van der Waals surface area (Å²) >= 11 is 1.59. The van der Waals surface area contributed by atoms with Crippen molar-refractivity contribution in [2.24, 2.45) is 0 Å². The molecule has 0 saturated carbocycles. The highest BCUT2D eigenvalue weighted by atomic mass is 32.1. The molecule has 0 aliphatic carbocycles. The minimum absolute atomic E-state index is 0.153. The van der Waals surface area contributed by atoms with Gasteiger partial charge in [0, 0.05) is 4.70 Å². The highest BCUT2D eigenvalue weighted by molar-refractivity contribution is 7.17. The van der Waals surface area contributed by atoms with E-state index in [-0.39, 0.29) is 5.82 Å². The summed E-state index contributed by atoms with van der Waals surface area (Å²) in [5.74, 6) is -0.153. The van der Waals surface area contributed by atoms with Gasteiger partial charge >= 0.3 is 0 Å². The lowest BCUT2D eigenvalue weighted by atomic mass is 10.2. The highest BCUT2D eigenvalue weighted by Gasteiger charge is 1.99. The zero-order chi connectivity index (χ0) is 7.84. The molecule has 11 heavy (non-hydrogen) atoms. The topological polar surface area (TPSA) is 0 Å². The van der Waals surface area contributed by atoms with Gasteiger partial charge in [-0.2, -0.15) is 0 Å². The molecule has 2 aromatic rings. The Bertz CT molecular complexity index is 389. The molecule has 1 heterocycles. The van der Waals surface area contributed by atoms with Gasteiger partial charge in [0.25, 0.3) is 0 Å². The Balaban J connectivity index is 2.86. The van der Waals surface area contributed by atoms with Gasteiger partial charge < -0.3 is 0 Å². The van der Waals surface area contributed by atoms with E-state index in [1.807, 2.05) is 18.4 Å². The second-order valence-electron chi connectivity index (χ2n) is 2.56. The van der Waals surface area contributed by atoms with E-state index in [1.165, 1.54) is 11.6 Å². The minimum Gasteiger partial charge on any atom is -0.207 e. The van der Waals surface area contributed by atoms with Crippen LogP contribution >= 0.6 is 11.3 Å². The van der Waals surface area contributed by atoms with Gasteiger partial charge in [-0.15, -0.1) is 11.3 Å². The van der Waals surface area contributed by atoms with Crippen molar-refractivity contribution in [2.75, 3.05) is 0 Å². The molecule has 0 saturated heterocycles. The third-order valence-electron chi connectivity index (χ3n) is 1.73. The predicted octanol–water partition coefficient (Wildman–Crippen LogP) is 3.35. The van der Waals surface area contributed by atoms with Gasteiger partial charge in [-0.3, -0.25) is 0 Å². The Hall–Kier alpha value is -0.890. The maximum Gasteiger partial charge on any atom is 0.124 e. The Morgan fingerprint density at radius 1 is 1.36 bits per heavy atom. The van der Waals surface area contributed by atoms with E-state index in [2.05, 4.69) is 0 Å². The molecule has 56 valence electrons. The summed E-state index contributed by atoms with van der Waals surface area (Å²) in [7, 11) is 0. The third kappa shape index (κ3) is 1.03. The van der Waals surface area contributed by atoms with Crippen LogP contribution in [-0.4, -0.2) is 0 Å². The average molecular weight is 166 g/mol. The summed E-state index contributed by atoms with van der Waals surface area (Å²) in [6.45, 7) is 2.04. The van der Waals surface area contributed by atoms with Crippen molar-refractivity contribution in [3.8, 4) is 0 Å². The van der Waals surface area contributed by atoms with Crippen molar-refractivity contribution in [1.82, 2.24) is 0 Å². The largest absolute Gasteiger partial charge is 0.207 e. The molecule has 0 nitrogen and oxygen atoms in total. The molecule has 0 aliphatic rings. The normalized spacial score (nSPS) is 10.7. The molecule has 2 rings (SSSR count). The van der Waals surface area contributed by atoms with Crippen molar-refractivity contribution >= 4 is 21.4 Å². The molecule has 1 aromatic heterocycles. The molecule has 0 radical (unpaired) electrons. The fourth-order valence-electron chi connectivity index (χ4n) is 1.13. The molecule has 0 N–H and O–H groups in total. The first-order valence-corrected chi connectivity index (χ1v) is 4.29. The number of hydrogen-bond donors (Lipinski definition) is 0. The number of halogens is 1. The summed E-state index contributed by atoms with van der Waals surface area (Å²) in [6, 6.07) is 4.91. The second kappa shape index (κ2) is 2.31. The molecule has 2 heteroatoms. The van der Waals surface area contributed by atoms with Crippen molar-refractivity contribution in [2.45, 2.75) is 6.92 Å². The van der Waals surface area contributed by atoms with Gasteiger partial charge in [-0.1, -0.05) is 6.07 Å². The molecule has 0 atom stereocenters. The van der Waals surface area contributed by atoms with Crippen LogP contribution in [0.4, 0.5) is 4.39 Å². The predicted molar refractivity (Wildman–Crippen MR) is 46.5 cm³/mol. The highest BCUT2D eigenvalue weighted by Crippen LogP contribution is 2.25. The average Bonchev–Trinajstić information content (AvgIpc) is 2.32. The van der Waals surface area contributed by atoms with E-state index in [0.29, 0.717) is 0 Å². The zero-order valence-corrected chi connectivity index (χ0v) is 6.91. The molecular weight excluding hydrogens is 159 g/mol. The van der Waals surface area contributed by atoms with Crippen LogP contribution in [0, 0.1) is 12.7 Å². The van der Waals surface area contributed by atoms with Crippen LogP contribution in [0.15, 0.2) is 23.6 Å². The number of aryl methyl sites for hydroxylation is 1. The van der Waals surface area contributed by atoms with E-state index < -0.39 is 0 Å². The summed E-state index contributed by atoms with van der Waals surface area (Å²) in [5, 5.41) is 3.21. The number of thiophene rings is 1. The fourth-order valence-corrected chi connectivity index (χ4v) is 2.10. The maximum atomic E-state index is 12.7. The first-order valence-electron chi connectivity index (χ1n) is 3.41. The van der Waals surface area contributed by atoms with E-state index in [1.54, 1.807) is 17.4 Å². The molecular formula is C9H7FS. The van der Waals surface area contributed by atoms with Crippen molar-refractivity contribution < 1.29 is 4.39 Å². The number of rotatable bonds is 0. The molecule has 0 amide bonds. The van der Waals surface area contributed by atoms with Gasteiger partial charge in [-0.25, -0.2) is 4.39 Å². The van der Waals surface area contributed by atoms with Gasteiger partial charge in [-0.05, 0) is 35.4 Å². The Kier molecular flexibility index (Phi) is 1.43. The molecule has 1 aromatic carbocycles. The molecule has 0 aliphatic heterocycles. The van der Waals surface area contributed by atoms with Gasteiger partial charge in [0.15, 0.2) is 0 Å². The van der Waals surface area contributed by atoms with Crippen LogP contribution in [0.1, 0.15) is 5.56 Å². The van der Waals surface area contributed by atoms with Crippen LogP contribution in [0.3, 0.4) is 0 Å². The molecule has 0 spiro atoms. The molecule has 0 fully saturated rings. The quantitative estimate of drug-likeness (QED) is 0.563. The first kappa shape index (κ1) is 6.80. The Labute approximate surface area is 68.3 Å². The van der Waals surface area contributed by atoms with E-state index in [9.17, 15) is 4.39 Å². The van der Waals surface area contributed by atoms with Gasteiger partial charge in [0.2, 0.25) is 0 Å². The fraction of sp³-hybridized carbons (Fsp3) is 0.111. The summed E-state index contributed by atoms with van der Waals surface area (Å²) in [5.41, 5.74) is 1.23. The maximum absolute atomic E-state index is 12.7. The van der Waals surface area contributed by atoms with Gasteiger partial charge in [0.05, 0.1) is 0 Å². The summed E-state index contributed by atoms with van der Waals surface area (Å²) in [4.78, 5) is 0. The number of benzene rings is 1. The molecule has 0 unspecified atom stereocenters. The standard InChI is InChI=1S/C9H7FS/c1-6-5-11-9-4-7(10)2-3-8(6)9/h2-5H,1H3. The van der Waals surface area contributed by atoms with Crippen LogP contribution in [0.25, 0.3) is 10.1 Å². The SMILES string of the molecule is Cc1csc2cc(F)ccc12. The van der Waals surface area contributed by atoms with Crippen LogP contribution in [0.2, 0.25) is 0 Å². The Morgan fingerprint density at radius 2 is 2.18 bits per heavy atom. The lowest BCUT2D eigenvalue weighted by molar-refractivity contribution is 0.630. The van der Waals surface area contributed by atoms with E-state index >= 15 is 0 Å². The third-order valence-corrected chi connectivity index (χ3v) is 2.79. The number of hydrogen-bond acceptors (Lipinski definition) is 1. The first-order chi connectivity index (χ1) is 5.27. The van der Waals surface area contributed by atoms with Crippen LogP contribution in [-0.2, 0) is 0 Å². The number of fused-ring (bicyclic) bond motifs is 1. The summed E-state index contributed by atoms with van der Waals surface area (Å²) < 4.78 is 13.7. The van der Waals surface area contributed by atoms with Crippen molar-refractivity contribution in [3.63, 3.8) is 0 Å². The Morgan fingerprint density at radius 3 is 3.00 bits per heavy atom. The summed E-state index contributed by atoms with van der Waals surface area (Å²) in [6.07, 6.45) is 0. The van der Waals surface area contributed by atoms with Crippen LogP contribution < -0.4 is 0 Å². The van der Waals surface area contributed by atoms with Gasteiger partial charge in [0.1, 0.15) is 5.82 Å². The van der Waals surface area contributed by atoms with E-state index in [0.717, 1.165) is 10.1 Å². The minimum atomic E-state index is -0.153. The second-order valence-corrected chi connectivity index (χ2v) is 3.47. The lowest BCUT2D eigenvalue weighted by Gasteiger charge is -1.89. The monoisotopic (exact) mass is 166 g/mol. The smallest absolute Gasteiger partial charge is 0.124 e. The molecule has 0 bridgehead atoms. The van der Waals surface area contributed by atoms with Crippen molar-refractivity contribution in [1.29, 1.82) is 0 Å². The van der Waals surface area contributed by atoms with Crippen molar-refractivity contribution in [3.05, 3.63) is 35.0 Å².